The summed E-state index contributed by atoms with van der Waals surface area (Å²) in [6.07, 6.45) is 2.22. The van der Waals surface area contributed by atoms with Gasteiger partial charge in [0.05, 0.1) is 6.10 Å². The zero-order chi connectivity index (χ0) is 10.7. The minimum atomic E-state index is -0.199. The maximum absolute atomic E-state index is 11.5. The highest BCUT2D eigenvalue weighted by Crippen LogP contribution is 2.10. The van der Waals surface area contributed by atoms with Gasteiger partial charge in [0.15, 0.2) is 0 Å². The summed E-state index contributed by atoms with van der Waals surface area (Å²) in [4.78, 5) is 11.5. The fourth-order valence-corrected chi connectivity index (χ4v) is 1.56. The number of nitrogens with zero attached hydrogens (tertiary/aromatic N) is 1. The van der Waals surface area contributed by atoms with Crippen LogP contribution in [0.15, 0.2) is 6.07 Å². The molecule has 0 aromatic carbocycles. The van der Waals surface area contributed by atoms with Crippen LogP contribution in [0.1, 0.15) is 23.3 Å². The number of nitrogens with one attached hydrogen (secondary N) is 2. The first-order valence-corrected chi connectivity index (χ1v) is 4.96. The van der Waals surface area contributed by atoms with Gasteiger partial charge in [-0.15, -0.1) is 0 Å². The van der Waals surface area contributed by atoms with Crippen molar-refractivity contribution in [3.05, 3.63) is 11.8 Å². The van der Waals surface area contributed by atoms with Crippen LogP contribution < -0.4 is 11.1 Å². The predicted octanol–water partition coefficient (Wildman–Crippen LogP) is -0.0993. The Morgan fingerprint density at radius 2 is 2.67 bits per heavy atom. The van der Waals surface area contributed by atoms with Crippen molar-refractivity contribution in [1.82, 2.24) is 15.5 Å². The Balaban J connectivity index is 1.81. The van der Waals surface area contributed by atoms with Crippen molar-refractivity contribution in [1.29, 1.82) is 0 Å². The van der Waals surface area contributed by atoms with Crippen LogP contribution in [0.5, 0.6) is 0 Å². The van der Waals surface area contributed by atoms with Crippen molar-refractivity contribution in [2.45, 2.75) is 18.9 Å². The number of amides is 1. The average Bonchev–Trinajstić information content (AvgIpc) is 2.84. The number of aromatic nitrogens is 2. The smallest absolute Gasteiger partial charge is 0.269 e. The maximum Gasteiger partial charge on any atom is 0.269 e. The molecule has 0 unspecified atom stereocenters. The second-order valence-electron chi connectivity index (χ2n) is 3.55. The summed E-state index contributed by atoms with van der Waals surface area (Å²) in [5.74, 6) is 0.118. The third-order valence-corrected chi connectivity index (χ3v) is 2.36. The SMILES string of the molecule is Nc1cc(C(=O)NC[C@@H]2CCCO2)[nH]n1. The third-order valence-electron chi connectivity index (χ3n) is 2.36. The van der Waals surface area contributed by atoms with E-state index in [0.29, 0.717) is 18.1 Å². The van der Waals surface area contributed by atoms with E-state index in [9.17, 15) is 4.79 Å². The Morgan fingerprint density at radius 3 is 3.27 bits per heavy atom. The molecule has 15 heavy (non-hydrogen) atoms. The van der Waals surface area contributed by atoms with E-state index < -0.39 is 0 Å². The van der Waals surface area contributed by atoms with E-state index in [0.717, 1.165) is 19.4 Å². The van der Waals surface area contributed by atoms with Gasteiger partial charge in [-0.25, -0.2) is 0 Å². The van der Waals surface area contributed by atoms with Gasteiger partial charge in [-0.05, 0) is 12.8 Å². The van der Waals surface area contributed by atoms with Gasteiger partial charge >= 0.3 is 0 Å². The molecule has 4 N–H and O–H groups in total. The van der Waals surface area contributed by atoms with Gasteiger partial charge in [0.1, 0.15) is 11.5 Å². The Labute approximate surface area is 87.2 Å². The number of aromatic amines is 1. The molecule has 6 nitrogen and oxygen atoms in total. The lowest BCUT2D eigenvalue weighted by molar-refractivity contribution is 0.0853. The van der Waals surface area contributed by atoms with E-state index in [-0.39, 0.29) is 12.0 Å². The second kappa shape index (κ2) is 4.31. The largest absolute Gasteiger partial charge is 0.382 e. The summed E-state index contributed by atoms with van der Waals surface area (Å²) in [6, 6.07) is 1.50. The molecular formula is C9H14N4O2. The van der Waals surface area contributed by atoms with Gasteiger partial charge in [-0.1, -0.05) is 0 Å². The molecule has 2 rings (SSSR count). The topological polar surface area (TPSA) is 93.0 Å². The number of carbonyl (C=O) groups is 1. The summed E-state index contributed by atoms with van der Waals surface area (Å²) in [7, 11) is 0. The zero-order valence-corrected chi connectivity index (χ0v) is 8.32. The van der Waals surface area contributed by atoms with Crippen LogP contribution in [0.2, 0.25) is 0 Å². The molecule has 1 aliphatic heterocycles. The van der Waals surface area contributed by atoms with Crippen LogP contribution in [0.3, 0.4) is 0 Å². The van der Waals surface area contributed by atoms with E-state index in [1.807, 2.05) is 0 Å². The molecule has 6 heteroatoms. The van der Waals surface area contributed by atoms with Crippen LogP contribution in [0, 0.1) is 0 Å². The molecule has 1 atom stereocenters. The molecule has 0 bridgehead atoms. The molecule has 1 amide bonds. The Hall–Kier alpha value is -1.56. The fraction of sp³-hybridized carbons (Fsp3) is 0.556. The number of nitrogen functional groups attached to an aromatic ring is 1. The molecule has 1 aromatic rings. The molecule has 1 aliphatic rings. The van der Waals surface area contributed by atoms with Crippen molar-refractivity contribution in [2.24, 2.45) is 0 Å². The van der Waals surface area contributed by atoms with Crippen molar-refractivity contribution in [3.8, 4) is 0 Å². The standard InChI is InChI=1S/C9H14N4O2/c10-8-4-7(12-13-8)9(14)11-5-6-2-1-3-15-6/h4,6H,1-3,5H2,(H,11,14)(H3,10,12,13)/t6-/m0/s1. The second-order valence-corrected chi connectivity index (χ2v) is 3.55. The molecule has 1 fully saturated rings. The molecular weight excluding hydrogens is 196 g/mol. The summed E-state index contributed by atoms with van der Waals surface area (Å²) in [5.41, 5.74) is 5.77. The number of hydrogen-bond acceptors (Lipinski definition) is 4. The minimum absolute atomic E-state index is 0.147. The first-order valence-electron chi connectivity index (χ1n) is 4.96. The van der Waals surface area contributed by atoms with Gasteiger partial charge in [-0.2, -0.15) is 5.10 Å². The number of nitrogens with two attached hydrogens (primary N) is 1. The van der Waals surface area contributed by atoms with Crippen molar-refractivity contribution < 1.29 is 9.53 Å². The van der Waals surface area contributed by atoms with E-state index in [1.54, 1.807) is 0 Å². The summed E-state index contributed by atoms with van der Waals surface area (Å²) < 4.78 is 5.38. The van der Waals surface area contributed by atoms with Crippen molar-refractivity contribution >= 4 is 11.7 Å². The molecule has 2 heterocycles. The highest BCUT2D eigenvalue weighted by Gasteiger charge is 2.17. The van der Waals surface area contributed by atoms with E-state index in [4.69, 9.17) is 10.5 Å². The Morgan fingerprint density at radius 1 is 1.80 bits per heavy atom. The zero-order valence-electron chi connectivity index (χ0n) is 8.32. The lowest BCUT2D eigenvalue weighted by Gasteiger charge is -2.09. The highest BCUT2D eigenvalue weighted by molar-refractivity contribution is 5.92. The van der Waals surface area contributed by atoms with Crippen molar-refractivity contribution in [3.63, 3.8) is 0 Å². The van der Waals surface area contributed by atoms with E-state index in [1.165, 1.54) is 6.07 Å². The average molecular weight is 210 g/mol. The van der Waals surface area contributed by atoms with Crippen LogP contribution in [0.25, 0.3) is 0 Å². The number of anilines is 1. The van der Waals surface area contributed by atoms with Gasteiger partial charge < -0.3 is 15.8 Å². The number of carbonyl (C=O) groups excluding carboxylic acids is 1. The van der Waals surface area contributed by atoms with E-state index >= 15 is 0 Å². The highest BCUT2D eigenvalue weighted by atomic mass is 16.5. The molecule has 0 radical (unpaired) electrons. The monoisotopic (exact) mass is 210 g/mol. The number of hydrogen-bond donors (Lipinski definition) is 3. The summed E-state index contributed by atoms with van der Waals surface area (Å²) in [6.45, 7) is 1.33. The molecule has 1 saturated heterocycles. The van der Waals surface area contributed by atoms with Crippen LogP contribution in [-0.2, 0) is 4.74 Å². The summed E-state index contributed by atoms with van der Waals surface area (Å²) in [5, 5.41) is 8.99. The van der Waals surface area contributed by atoms with Gasteiger partial charge in [0.25, 0.3) is 5.91 Å². The number of ether oxygens (including phenoxy) is 1. The maximum atomic E-state index is 11.5. The Kier molecular flexibility index (Phi) is 2.86. The van der Waals surface area contributed by atoms with Gasteiger partial charge in [0, 0.05) is 19.2 Å². The molecule has 1 aromatic heterocycles. The quantitative estimate of drug-likeness (QED) is 0.649. The lowest BCUT2D eigenvalue weighted by atomic mass is 10.2. The predicted molar refractivity (Wildman–Crippen MR) is 54.3 cm³/mol. The molecule has 0 aliphatic carbocycles. The first-order chi connectivity index (χ1) is 7.25. The Bertz CT molecular complexity index is 344. The van der Waals surface area contributed by atoms with Gasteiger partial charge in [-0.3, -0.25) is 9.89 Å². The third kappa shape index (κ3) is 2.47. The van der Waals surface area contributed by atoms with Crippen LogP contribution in [0.4, 0.5) is 5.82 Å². The van der Waals surface area contributed by atoms with Gasteiger partial charge in [0.2, 0.25) is 0 Å². The normalized spacial score (nSPS) is 20.4. The molecule has 0 saturated carbocycles. The van der Waals surface area contributed by atoms with Crippen LogP contribution >= 0.6 is 0 Å². The minimum Gasteiger partial charge on any atom is -0.382 e. The lowest BCUT2D eigenvalue weighted by Crippen LogP contribution is -2.31. The summed E-state index contributed by atoms with van der Waals surface area (Å²) >= 11 is 0. The molecule has 82 valence electrons. The first kappa shape index (κ1) is 9.97. The van der Waals surface area contributed by atoms with Crippen LogP contribution in [-0.4, -0.2) is 35.4 Å². The fourth-order valence-electron chi connectivity index (χ4n) is 1.56. The van der Waals surface area contributed by atoms with Crippen molar-refractivity contribution in [2.75, 3.05) is 18.9 Å². The number of H-pyrrole nitrogens is 1. The van der Waals surface area contributed by atoms with E-state index in [2.05, 4.69) is 15.5 Å². The number of rotatable bonds is 3. The molecule has 0 spiro atoms.